The molecule has 0 amide bonds. The lowest BCUT2D eigenvalue weighted by Crippen LogP contribution is -2.01. The van der Waals surface area contributed by atoms with Crippen molar-refractivity contribution in [2.75, 3.05) is 5.75 Å². The highest BCUT2D eigenvalue weighted by Gasteiger charge is 2.14. The van der Waals surface area contributed by atoms with Gasteiger partial charge in [0.05, 0.1) is 0 Å². The predicted molar refractivity (Wildman–Crippen MR) is 125 cm³/mol. The summed E-state index contributed by atoms with van der Waals surface area (Å²) in [6.45, 7) is 6.70. The van der Waals surface area contributed by atoms with Gasteiger partial charge in [-0.05, 0) is 54.0 Å². The van der Waals surface area contributed by atoms with Crippen molar-refractivity contribution in [3.8, 4) is 5.75 Å². The van der Waals surface area contributed by atoms with Gasteiger partial charge < -0.3 is 5.11 Å². The van der Waals surface area contributed by atoms with Gasteiger partial charge in [0.15, 0.2) is 0 Å². The third kappa shape index (κ3) is 9.92. The molecule has 0 saturated carbocycles. The van der Waals surface area contributed by atoms with Crippen LogP contribution in [0.2, 0.25) is 0 Å². The molecule has 0 aromatic heterocycles. The van der Waals surface area contributed by atoms with Crippen LogP contribution >= 0.6 is 12.6 Å². The van der Waals surface area contributed by atoms with Crippen LogP contribution in [0.15, 0.2) is 12.1 Å². The van der Waals surface area contributed by atoms with Crippen LogP contribution in [0.5, 0.6) is 5.75 Å². The minimum atomic E-state index is 0.307. The number of aryl methyl sites for hydroxylation is 2. The molecule has 0 spiro atoms. The Labute approximate surface area is 174 Å². The van der Waals surface area contributed by atoms with E-state index in [1.54, 1.807) is 0 Å². The van der Waals surface area contributed by atoms with Crippen molar-refractivity contribution in [1.82, 2.24) is 0 Å². The van der Waals surface area contributed by atoms with E-state index >= 15 is 0 Å². The first-order chi connectivity index (χ1) is 13.1. The van der Waals surface area contributed by atoms with E-state index in [1.807, 2.05) is 0 Å². The molecule has 2 heteroatoms. The second-order valence-electron chi connectivity index (χ2n) is 8.31. The summed E-state index contributed by atoms with van der Waals surface area (Å²) in [5.74, 6) is 1.63. The van der Waals surface area contributed by atoms with Crippen molar-refractivity contribution >= 4 is 12.6 Å². The highest BCUT2D eigenvalue weighted by atomic mass is 32.1. The fourth-order valence-corrected chi connectivity index (χ4v) is 4.00. The maximum Gasteiger partial charge on any atom is 0.122 e. The number of rotatable bonds is 16. The Kier molecular flexibility index (Phi) is 13.8. The zero-order chi connectivity index (χ0) is 19.9. The SMILES string of the molecule is CCCCCCCCc1cc(CCCCCCCC)c(O)c(C(C)CS)c1. The van der Waals surface area contributed by atoms with Crippen LogP contribution < -0.4 is 0 Å². The van der Waals surface area contributed by atoms with Gasteiger partial charge in [-0.2, -0.15) is 12.6 Å². The average molecular weight is 393 g/mol. The maximum absolute atomic E-state index is 10.8. The van der Waals surface area contributed by atoms with Gasteiger partial charge in [0.2, 0.25) is 0 Å². The minimum Gasteiger partial charge on any atom is -0.507 e. The van der Waals surface area contributed by atoms with Gasteiger partial charge in [0, 0.05) is 0 Å². The Balaban J connectivity index is 2.64. The highest BCUT2D eigenvalue weighted by Crippen LogP contribution is 2.33. The van der Waals surface area contributed by atoms with Crippen molar-refractivity contribution in [2.45, 2.75) is 117 Å². The van der Waals surface area contributed by atoms with E-state index in [1.165, 1.54) is 82.6 Å². The third-order valence-electron chi connectivity index (χ3n) is 5.70. The molecule has 0 aliphatic rings. The molecule has 0 heterocycles. The molecular weight excluding hydrogens is 348 g/mol. The van der Waals surface area contributed by atoms with Crippen molar-refractivity contribution in [2.24, 2.45) is 0 Å². The normalized spacial score (nSPS) is 12.4. The van der Waals surface area contributed by atoms with Gasteiger partial charge in [-0.25, -0.2) is 0 Å². The van der Waals surface area contributed by atoms with Crippen LogP contribution in [0.1, 0.15) is 120 Å². The molecule has 1 N–H and O–H groups in total. The van der Waals surface area contributed by atoms with Crippen LogP contribution in [-0.4, -0.2) is 10.9 Å². The van der Waals surface area contributed by atoms with Gasteiger partial charge in [-0.1, -0.05) is 97.1 Å². The van der Waals surface area contributed by atoms with Crippen LogP contribution in [0, 0.1) is 0 Å². The molecule has 0 fully saturated rings. The number of aromatic hydroxyl groups is 1. The molecule has 27 heavy (non-hydrogen) atoms. The van der Waals surface area contributed by atoms with Crippen molar-refractivity contribution in [3.05, 3.63) is 28.8 Å². The quantitative estimate of drug-likeness (QED) is 0.214. The third-order valence-corrected chi connectivity index (χ3v) is 6.25. The molecule has 1 atom stereocenters. The molecule has 1 aromatic rings. The zero-order valence-corrected chi connectivity index (χ0v) is 19.1. The Morgan fingerprint density at radius 2 is 1.30 bits per heavy atom. The summed E-state index contributed by atoms with van der Waals surface area (Å²) in [5.41, 5.74) is 3.68. The molecular formula is C25H44OS. The van der Waals surface area contributed by atoms with E-state index in [0.717, 1.165) is 29.7 Å². The van der Waals surface area contributed by atoms with Crippen LogP contribution in [0.25, 0.3) is 0 Å². The Bertz CT molecular complexity index is 497. The van der Waals surface area contributed by atoms with Gasteiger partial charge in [0.25, 0.3) is 0 Å². The lowest BCUT2D eigenvalue weighted by atomic mass is 9.92. The number of phenolic OH excluding ortho intramolecular Hbond substituents is 1. The molecule has 0 saturated heterocycles. The predicted octanol–water partition coefficient (Wildman–Crippen LogP) is 8.23. The van der Waals surface area contributed by atoms with Crippen LogP contribution in [0.4, 0.5) is 0 Å². The summed E-state index contributed by atoms with van der Waals surface area (Å²) >= 11 is 4.47. The van der Waals surface area contributed by atoms with Gasteiger partial charge in [-0.3, -0.25) is 0 Å². The van der Waals surface area contributed by atoms with E-state index in [4.69, 9.17) is 0 Å². The van der Waals surface area contributed by atoms with E-state index in [0.29, 0.717) is 11.7 Å². The lowest BCUT2D eigenvalue weighted by molar-refractivity contribution is 0.455. The molecule has 1 unspecified atom stereocenters. The van der Waals surface area contributed by atoms with Gasteiger partial charge in [-0.15, -0.1) is 0 Å². The minimum absolute atomic E-state index is 0.307. The van der Waals surface area contributed by atoms with Crippen molar-refractivity contribution in [3.63, 3.8) is 0 Å². The fraction of sp³-hybridized carbons (Fsp3) is 0.760. The first-order valence-electron chi connectivity index (χ1n) is 11.6. The summed E-state index contributed by atoms with van der Waals surface area (Å²) in [4.78, 5) is 0. The maximum atomic E-state index is 10.8. The second kappa shape index (κ2) is 15.3. The van der Waals surface area contributed by atoms with Crippen LogP contribution in [-0.2, 0) is 12.8 Å². The van der Waals surface area contributed by atoms with Crippen molar-refractivity contribution < 1.29 is 5.11 Å². The fourth-order valence-electron chi connectivity index (χ4n) is 3.80. The molecule has 0 bridgehead atoms. The summed E-state index contributed by atoms with van der Waals surface area (Å²) in [7, 11) is 0. The van der Waals surface area contributed by atoms with Gasteiger partial charge >= 0.3 is 0 Å². The molecule has 0 aliphatic heterocycles. The summed E-state index contributed by atoms with van der Waals surface area (Å²) in [6.07, 6.45) is 17.9. The standard InChI is InChI=1S/C25H44OS/c1-4-6-8-10-12-14-16-22-18-23(17-15-13-11-9-7-5-2)25(26)24(19-22)21(3)20-27/h18-19,21,26-27H,4-17,20H2,1-3H3. The molecule has 1 nitrogen and oxygen atoms in total. The van der Waals surface area contributed by atoms with E-state index in [2.05, 4.69) is 45.5 Å². The van der Waals surface area contributed by atoms with Crippen LogP contribution in [0.3, 0.4) is 0 Å². The van der Waals surface area contributed by atoms with E-state index in [-0.39, 0.29) is 0 Å². The van der Waals surface area contributed by atoms with E-state index < -0.39 is 0 Å². The second-order valence-corrected chi connectivity index (χ2v) is 8.68. The first-order valence-corrected chi connectivity index (χ1v) is 12.2. The number of hydrogen-bond donors (Lipinski definition) is 2. The number of phenols is 1. The summed E-state index contributed by atoms with van der Waals surface area (Å²) in [6, 6.07) is 4.52. The Morgan fingerprint density at radius 1 is 0.778 bits per heavy atom. The molecule has 1 aromatic carbocycles. The molecule has 1 rings (SSSR count). The largest absolute Gasteiger partial charge is 0.507 e. The average Bonchev–Trinajstić information content (AvgIpc) is 2.68. The number of thiol groups is 1. The molecule has 0 aliphatic carbocycles. The highest BCUT2D eigenvalue weighted by molar-refractivity contribution is 7.80. The molecule has 0 radical (unpaired) electrons. The number of hydrogen-bond acceptors (Lipinski definition) is 2. The first kappa shape index (κ1) is 24.4. The van der Waals surface area contributed by atoms with Gasteiger partial charge in [0.1, 0.15) is 5.75 Å². The number of benzene rings is 1. The number of unbranched alkanes of at least 4 members (excludes halogenated alkanes) is 10. The summed E-state index contributed by atoms with van der Waals surface area (Å²) in [5, 5.41) is 10.8. The monoisotopic (exact) mass is 392 g/mol. The Morgan fingerprint density at radius 3 is 1.85 bits per heavy atom. The Hall–Kier alpha value is -0.630. The topological polar surface area (TPSA) is 20.2 Å². The van der Waals surface area contributed by atoms with Crippen molar-refractivity contribution in [1.29, 1.82) is 0 Å². The van der Waals surface area contributed by atoms with E-state index in [9.17, 15) is 5.11 Å². The summed E-state index contributed by atoms with van der Waals surface area (Å²) < 4.78 is 0. The lowest BCUT2D eigenvalue weighted by Gasteiger charge is -2.17. The molecule has 156 valence electrons. The smallest absolute Gasteiger partial charge is 0.122 e. The zero-order valence-electron chi connectivity index (χ0n) is 18.2.